The lowest BCUT2D eigenvalue weighted by molar-refractivity contribution is -0.148. The largest absolute Gasteiger partial charge is 0.493 e. The van der Waals surface area contributed by atoms with Crippen LogP contribution in [0.1, 0.15) is 82.3 Å². The van der Waals surface area contributed by atoms with Gasteiger partial charge in [0.25, 0.3) is 5.91 Å². The fourth-order valence-electron chi connectivity index (χ4n) is 13.0. The lowest BCUT2D eigenvalue weighted by Gasteiger charge is -2.35. The number of fused-ring (bicyclic) bond motifs is 1. The number of hydrogen-bond donors (Lipinski definition) is 2. The van der Waals surface area contributed by atoms with Gasteiger partial charge in [-0.15, -0.1) is 16.4 Å². The number of ether oxygens (including phenoxy) is 9. The van der Waals surface area contributed by atoms with Crippen LogP contribution in [0.25, 0.3) is 21.6 Å². The Bertz CT molecular complexity index is 3440. The average molecular weight is 1320 g/mol. The number of aliphatic hydroxyl groups excluding tert-OH is 1. The van der Waals surface area contributed by atoms with Crippen molar-refractivity contribution in [2.75, 3.05) is 126 Å². The summed E-state index contributed by atoms with van der Waals surface area (Å²) in [5.41, 5.74) is 9.80. The summed E-state index contributed by atoms with van der Waals surface area (Å²) in [7, 11) is 3.25. The first-order chi connectivity index (χ1) is 45.7. The van der Waals surface area contributed by atoms with Gasteiger partial charge in [-0.05, 0) is 97.2 Å². The Morgan fingerprint density at radius 3 is 2.29 bits per heavy atom. The van der Waals surface area contributed by atoms with E-state index in [1.807, 2.05) is 98.1 Å². The highest BCUT2D eigenvalue weighted by Crippen LogP contribution is 2.42. The zero-order valence-electron chi connectivity index (χ0n) is 55.5. The minimum absolute atomic E-state index is 0.00471. The van der Waals surface area contributed by atoms with Crippen LogP contribution in [0.2, 0.25) is 0 Å². The molecule has 2 aromatic heterocycles. The second-order valence-electron chi connectivity index (χ2n) is 25.0. The third kappa shape index (κ3) is 17.7. The molecule has 508 valence electrons. The van der Waals surface area contributed by atoms with Crippen LogP contribution >= 0.6 is 11.3 Å². The van der Waals surface area contributed by atoms with Crippen molar-refractivity contribution in [2.45, 2.75) is 111 Å². The third-order valence-corrected chi connectivity index (χ3v) is 19.0. The molecule has 5 aliphatic rings. The molecule has 2 N–H and O–H groups in total. The van der Waals surface area contributed by atoms with E-state index >= 15 is 0 Å². The SMILES string of the molecule is CCC(=O)N1CCOc2c(cc(-c3ccc(OC)c(OC)c3)cc2OC[C@H]2CCCN(CCc3cn(CCOCCOCCOCCOCCOc4cc(-c5scnc5C)ccc4CNC(=O)[C@@H]4C[C@@H](O)CN4C(=O)[C@H](C(C)C)N4CC5=C(C=CCC5C)C4=O)nn3)C2)C1. The second kappa shape index (κ2) is 33.8. The molecule has 4 amide bonds. The van der Waals surface area contributed by atoms with Crippen molar-refractivity contribution < 1.29 is 66.9 Å². The van der Waals surface area contributed by atoms with E-state index in [2.05, 4.69) is 38.5 Å². The first-order valence-electron chi connectivity index (χ1n) is 33.2. The molecule has 23 nitrogen and oxygen atoms in total. The fraction of sp³-hybridized carbons (Fsp3) is 0.557. The molecule has 24 heteroatoms. The molecule has 3 aromatic carbocycles. The van der Waals surface area contributed by atoms with Gasteiger partial charge in [0, 0.05) is 87.3 Å². The van der Waals surface area contributed by atoms with Gasteiger partial charge in [0.2, 0.25) is 17.7 Å². The van der Waals surface area contributed by atoms with Crippen molar-refractivity contribution in [3.05, 3.63) is 106 Å². The number of carbonyl (C=O) groups excluding carboxylic acids is 4. The van der Waals surface area contributed by atoms with E-state index in [9.17, 15) is 24.3 Å². The summed E-state index contributed by atoms with van der Waals surface area (Å²) in [5, 5.41) is 22.7. The molecule has 94 heavy (non-hydrogen) atoms. The number of nitrogens with one attached hydrogen (secondary N) is 1. The smallest absolute Gasteiger partial charge is 0.254 e. The molecular formula is C70H93N9O14S. The molecule has 1 aliphatic carbocycles. The number of rotatable bonds is 33. The molecule has 0 bridgehead atoms. The van der Waals surface area contributed by atoms with E-state index in [1.165, 1.54) is 16.2 Å². The summed E-state index contributed by atoms with van der Waals surface area (Å²) < 4.78 is 55.4. The summed E-state index contributed by atoms with van der Waals surface area (Å²) in [6.45, 7) is 19.0. The molecule has 0 spiro atoms. The molecule has 5 atom stereocenters. The maximum Gasteiger partial charge on any atom is 0.254 e. The number of aryl methyl sites for hydroxylation is 1. The molecule has 2 saturated heterocycles. The van der Waals surface area contributed by atoms with Crippen LogP contribution in [-0.2, 0) is 64.2 Å². The maximum atomic E-state index is 14.4. The Hall–Kier alpha value is -7.45. The van der Waals surface area contributed by atoms with Crippen molar-refractivity contribution >= 4 is 35.0 Å². The van der Waals surface area contributed by atoms with Crippen LogP contribution in [0.3, 0.4) is 0 Å². The predicted octanol–water partition coefficient (Wildman–Crippen LogP) is 7.34. The quantitative estimate of drug-likeness (QED) is 0.0391. The Morgan fingerprint density at radius 2 is 1.56 bits per heavy atom. The number of benzene rings is 3. The molecule has 2 fully saturated rings. The average Bonchev–Trinajstić information content (AvgIpc) is 1.80. The zero-order chi connectivity index (χ0) is 66.1. The van der Waals surface area contributed by atoms with Crippen LogP contribution < -0.4 is 29.0 Å². The first kappa shape index (κ1) is 69.4. The van der Waals surface area contributed by atoms with Crippen LogP contribution in [0.15, 0.2) is 83.5 Å². The Labute approximate surface area is 555 Å². The molecule has 0 radical (unpaired) electrons. The van der Waals surface area contributed by atoms with Gasteiger partial charge in [-0.2, -0.15) is 0 Å². The fourth-order valence-corrected chi connectivity index (χ4v) is 13.8. The van der Waals surface area contributed by atoms with E-state index in [0.29, 0.717) is 139 Å². The number of amides is 4. The third-order valence-electron chi connectivity index (χ3n) is 18.0. The normalized spacial score (nSPS) is 19.3. The standard InChI is InChI=1S/C70H93N9O14S/c1-8-64(81)76-21-24-92-66-54(40-76)33-53(50-16-17-60(85-6)62(34-50)86-7)36-63(66)93-44-49-12-10-19-75(39-49)20-18-55-41-77(74-73-55)22-23-87-25-26-88-27-28-89-29-30-90-31-32-91-61-35-51(67-48(5)72-45-94-67)14-15-52(61)38-71-68(82)59-37-56(80)42-78(59)70(84)65(46(2)3)79-43-58-47(4)11-9-13-57(58)69(79)83/h9,13-17,33-36,41,45-47,49,56,59,65,80H,8,10-12,18-32,37-40,42-44H2,1-7H3,(H,71,82)/t47?,49-,56+,59-,65-/m0/s1. The van der Waals surface area contributed by atoms with Gasteiger partial charge in [0.15, 0.2) is 23.0 Å². The van der Waals surface area contributed by atoms with E-state index < -0.39 is 24.1 Å². The summed E-state index contributed by atoms with van der Waals surface area (Å²) in [4.78, 5) is 67.8. The topological polar surface area (TPSA) is 240 Å². The number of nitrogens with zero attached hydrogens (tertiary/aromatic N) is 8. The number of aliphatic hydroxyl groups is 1. The number of carbonyl (C=O) groups is 4. The van der Waals surface area contributed by atoms with Gasteiger partial charge < -0.3 is 72.7 Å². The number of methoxy groups -OCH3 is 2. The lowest BCUT2D eigenvalue weighted by Crippen LogP contribution is -2.56. The van der Waals surface area contributed by atoms with Gasteiger partial charge in [0.05, 0.1) is 115 Å². The summed E-state index contributed by atoms with van der Waals surface area (Å²) in [6, 6.07) is 14.1. The highest BCUT2D eigenvalue weighted by atomic mass is 32.1. The number of aromatic nitrogens is 4. The van der Waals surface area contributed by atoms with E-state index in [1.54, 1.807) is 24.6 Å². The van der Waals surface area contributed by atoms with Crippen molar-refractivity contribution in [2.24, 2.45) is 17.8 Å². The highest BCUT2D eigenvalue weighted by Gasteiger charge is 2.47. The van der Waals surface area contributed by atoms with Crippen LogP contribution in [0, 0.1) is 24.7 Å². The number of likely N-dealkylation sites (tertiary alicyclic amines) is 2. The van der Waals surface area contributed by atoms with E-state index in [4.69, 9.17) is 42.6 Å². The summed E-state index contributed by atoms with van der Waals surface area (Å²) in [5.74, 6) is 2.73. The number of thiazole rings is 1. The van der Waals surface area contributed by atoms with E-state index in [0.717, 1.165) is 95.0 Å². The summed E-state index contributed by atoms with van der Waals surface area (Å²) in [6.07, 6.45) is 9.27. The Kier molecular flexibility index (Phi) is 24.9. The molecular weight excluding hydrogens is 1220 g/mol. The molecule has 6 heterocycles. The molecule has 10 rings (SSSR count). The maximum absolute atomic E-state index is 14.4. The number of hydrogen-bond acceptors (Lipinski definition) is 19. The molecule has 1 unspecified atom stereocenters. The number of allylic oxidation sites excluding steroid dienone is 1. The monoisotopic (exact) mass is 1320 g/mol. The minimum atomic E-state index is -0.910. The zero-order valence-corrected chi connectivity index (χ0v) is 56.3. The predicted molar refractivity (Wildman–Crippen MR) is 354 cm³/mol. The van der Waals surface area contributed by atoms with Crippen molar-refractivity contribution in [1.29, 1.82) is 0 Å². The van der Waals surface area contributed by atoms with Gasteiger partial charge in [-0.1, -0.05) is 63.3 Å². The van der Waals surface area contributed by atoms with Gasteiger partial charge in [-0.25, -0.2) is 9.67 Å². The minimum Gasteiger partial charge on any atom is -0.493 e. The van der Waals surface area contributed by atoms with Gasteiger partial charge in [-0.3, -0.25) is 19.2 Å². The number of β-amino-alcohol motifs (C(OH)–C–C–N with tert-alkyl or cyclic N) is 1. The van der Waals surface area contributed by atoms with Crippen molar-refractivity contribution in [3.63, 3.8) is 0 Å². The van der Waals surface area contributed by atoms with Crippen LogP contribution in [0.5, 0.6) is 28.7 Å². The van der Waals surface area contributed by atoms with Crippen LogP contribution in [-0.4, -0.2) is 213 Å². The second-order valence-corrected chi connectivity index (χ2v) is 25.8. The highest BCUT2D eigenvalue weighted by molar-refractivity contribution is 7.13. The summed E-state index contributed by atoms with van der Waals surface area (Å²) >= 11 is 1.53. The lowest BCUT2D eigenvalue weighted by atomic mass is 9.90. The van der Waals surface area contributed by atoms with Crippen LogP contribution in [0.4, 0.5) is 0 Å². The van der Waals surface area contributed by atoms with Crippen molar-refractivity contribution in [1.82, 2.24) is 44.9 Å². The van der Waals surface area contributed by atoms with Gasteiger partial charge >= 0.3 is 0 Å². The molecule has 4 aliphatic heterocycles. The molecule has 0 saturated carbocycles. The van der Waals surface area contributed by atoms with Gasteiger partial charge in [0.1, 0.15) is 31.0 Å². The number of piperidine rings is 1. The van der Waals surface area contributed by atoms with Crippen molar-refractivity contribution in [3.8, 4) is 50.3 Å². The Balaban J connectivity index is 0.592. The Morgan fingerprint density at radius 1 is 0.830 bits per heavy atom. The first-order valence-corrected chi connectivity index (χ1v) is 34.1. The molecule has 5 aromatic rings. The van der Waals surface area contributed by atoms with E-state index in [-0.39, 0.29) is 55.7 Å².